The van der Waals surface area contributed by atoms with Crippen LogP contribution in [0.5, 0.6) is 0 Å². The number of aliphatic hydroxyl groups is 1. The molecule has 3 atom stereocenters. The minimum atomic E-state index is -0.455. The maximum absolute atomic E-state index is 10.1. The van der Waals surface area contributed by atoms with Crippen molar-refractivity contribution in [3.63, 3.8) is 0 Å². The van der Waals surface area contributed by atoms with Crippen LogP contribution in [0.15, 0.2) is 24.8 Å². The molecule has 6 nitrogen and oxygen atoms in total. The largest absolute Gasteiger partial charge is 0.390 e. The third-order valence-electron chi connectivity index (χ3n) is 3.21. The van der Waals surface area contributed by atoms with Crippen LogP contribution in [-0.2, 0) is 0 Å². The van der Waals surface area contributed by atoms with Gasteiger partial charge in [0.2, 0.25) is 0 Å². The fourth-order valence-electron chi connectivity index (χ4n) is 2.17. The van der Waals surface area contributed by atoms with E-state index in [1.807, 2.05) is 23.6 Å². The lowest BCUT2D eigenvalue weighted by atomic mass is 10.1. The molecule has 2 aromatic rings. The van der Waals surface area contributed by atoms with E-state index in [1.54, 1.807) is 6.33 Å². The van der Waals surface area contributed by atoms with Gasteiger partial charge in [0.15, 0.2) is 11.5 Å². The molecule has 1 aliphatic rings. The first-order valence-corrected chi connectivity index (χ1v) is 5.48. The Morgan fingerprint density at radius 1 is 1.29 bits per heavy atom. The number of aliphatic hydroxyl groups excluding tert-OH is 1. The summed E-state index contributed by atoms with van der Waals surface area (Å²) in [6, 6.07) is -0.135. The minimum Gasteiger partial charge on any atom is -0.390 e. The zero-order valence-corrected chi connectivity index (χ0v) is 9.35. The molecule has 0 spiro atoms. The normalized spacial score (nSPS) is 28.0. The number of hydrogen-bond donors (Lipinski definition) is 2. The van der Waals surface area contributed by atoms with Gasteiger partial charge in [-0.15, -0.1) is 0 Å². The standard InChI is InChI=1S/C11H13N5O/c1-6-2-3-7(9(6)17)16-5-15-8-10(12)13-4-14-11(8)16/h2-7,9,17H,1H3,(H2,12,13,14). The Morgan fingerprint density at radius 3 is 2.82 bits per heavy atom. The molecular formula is C11H13N5O. The Labute approximate surface area is 97.8 Å². The third-order valence-corrected chi connectivity index (χ3v) is 3.21. The summed E-state index contributed by atoms with van der Waals surface area (Å²) in [5, 5.41) is 10.1. The van der Waals surface area contributed by atoms with E-state index in [-0.39, 0.29) is 12.0 Å². The van der Waals surface area contributed by atoms with Crippen LogP contribution in [0, 0.1) is 5.92 Å². The number of nitrogens with zero attached hydrogens (tertiary/aromatic N) is 4. The van der Waals surface area contributed by atoms with Gasteiger partial charge in [-0.2, -0.15) is 0 Å². The molecule has 6 heteroatoms. The van der Waals surface area contributed by atoms with Crippen molar-refractivity contribution >= 4 is 17.0 Å². The summed E-state index contributed by atoms with van der Waals surface area (Å²) in [7, 11) is 0. The molecule has 88 valence electrons. The van der Waals surface area contributed by atoms with Gasteiger partial charge in [0.1, 0.15) is 11.8 Å². The molecule has 0 saturated heterocycles. The van der Waals surface area contributed by atoms with E-state index in [0.717, 1.165) is 0 Å². The molecule has 2 heterocycles. The molecule has 0 fully saturated rings. The second kappa shape index (κ2) is 3.53. The summed E-state index contributed by atoms with van der Waals surface area (Å²) in [6.07, 6.45) is 6.56. The zero-order chi connectivity index (χ0) is 12.0. The van der Waals surface area contributed by atoms with Crippen molar-refractivity contribution in [1.29, 1.82) is 0 Å². The number of nitrogens with two attached hydrogens (primary N) is 1. The maximum atomic E-state index is 10.1. The molecule has 3 rings (SSSR count). The summed E-state index contributed by atoms with van der Waals surface area (Å²) in [5.74, 6) is 0.495. The number of anilines is 1. The van der Waals surface area contributed by atoms with Gasteiger partial charge in [-0.1, -0.05) is 19.1 Å². The Morgan fingerprint density at radius 2 is 2.12 bits per heavy atom. The second-order valence-corrected chi connectivity index (χ2v) is 4.31. The van der Waals surface area contributed by atoms with Crippen LogP contribution in [-0.4, -0.2) is 30.7 Å². The van der Waals surface area contributed by atoms with Crippen LogP contribution in [0.2, 0.25) is 0 Å². The van der Waals surface area contributed by atoms with Gasteiger partial charge >= 0.3 is 0 Å². The Kier molecular flexibility index (Phi) is 2.12. The lowest BCUT2D eigenvalue weighted by Gasteiger charge is -2.18. The van der Waals surface area contributed by atoms with Crippen molar-refractivity contribution < 1.29 is 5.11 Å². The highest BCUT2D eigenvalue weighted by atomic mass is 16.3. The van der Waals surface area contributed by atoms with Crippen molar-refractivity contribution in [2.75, 3.05) is 5.73 Å². The fraction of sp³-hybridized carbons (Fsp3) is 0.364. The Balaban J connectivity index is 2.13. The smallest absolute Gasteiger partial charge is 0.166 e. The summed E-state index contributed by atoms with van der Waals surface area (Å²) in [6.45, 7) is 1.98. The molecule has 17 heavy (non-hydrogen) atoms. The van der Waals surface area contributed by atoms with E-state index in [4.69, 9.17) is 5.73 Å². The van der Waals surface area contributed by atoms with Gasteiger partial charge in [-0.3, -0.25) is 0 Å². The highest BCUT2D eigenvalue weighted by molar-refractivity contribution is 5.81. The molecule has 0 saturated carbocycles. The van der Waals surface area contributed by atoms with Crippen LogP contribution in [0.3, 0.4) is 0 Å². The van der Waals surface area contributed by atoms with Gasteiger partial charge in [-0.25, -0.2) is 15.0 Å². The van der Waals surface area contributed by atoms with Crippen LogP contribution in [0.25, 0.3) is 11.2 Å². The average Bonchev–Trinajstić information content (AvgIpc) is 2.86. The van der Waals surface area contributed by atoms with E-state index < -0.39 is 6.10 Å². The Hall–Kier alpha value is -1.95. The number of fused-ring (bicyclic) bond motifs is 1. The van der Waals surface area contributed by atoms with Crippen LogP contribution in [0.4, 0.5) is 5.82 Å². The number of hydrogen-bond acceptors (Lipinski definition) is 5. The summed E-state index contributed by atoms with van der Waals surface area (Å²) in [5.41, 5.74) is 6.95. The molecule has 0 amide bonds. The second-order valence-electron chi connectivity index (χ2n) is 4.31. The summed E-state index contributed by atoms with van der Waals surface area (Å²) < 4.78 is 1.83. The fourth-order valence-corrected chi connectivity index (χ4v) is 2.17. The average molecular weight is 231 g/mol. The van der Waals surface area contributed by atoms with Crippen LogP contribution < -0.4 is 5.73 Å². The monoisotopic (exact) mass is 231 g/mol. The molecule has 3 unspecified atom stereocenters. The highest BCUT2D eigenvalue weighted by Gasteiger charge is 2.29. The molecular weight excluding hydrogens is 218 g/mol. The van der Waals surface area contributed by atoms with E-state index in [1.165, 1.54) is 6.33 Å². The molecule has 0 aromatic carbocycles. The number of rotatable bonds is 1. The summed E-state index contributed by atoms with van der Waals surface area (Å²) >= 11 is 0. The van der Waals surface area contributed by atoms with Gasteiger partial charge in [0.05, 0.1) is 18.5 Å². The first-order valence-electron chi connectivity index (χ1n) is 5.48. The van der Waals surface area contributed by atoms with Gasteiger partial charge in [0, 0.05) is 5.92 Å². The minimum absolute atomic E-state index is 0.135. The summed E-state index contributed by atoms with van der Waals surface area (Å²) in [4.78, 5) is 12.3. The van der Waals surface area contributed by atoms with E-state index in [2.05, 4.69) is 15.0 Å². The van der Waals surface area contributed by atoms with Crippen molar-refractivity contribution in [2.45, 2.75) is 19.1 Å². The van der Waals surface area contributed by atoms with Crippen molar-refractivity contribution in [3.8, 4) is 0 Å². The molecule has 3 N–H and O–H groups in total. The van der Waals surface area contributed by atoms with Crippen molar-refractivity contribution in [3.05, 3.63) is 24.8 Å². The lowest BCUT2D eigenvalue weighted by molar-refractivity contribution is 0.113. The predicted molar refractivity (Wildman–Crippen MR) is 63.1 cm³/mol. The Bertz CT molecular complexity index is 591. The molecule has 0 bridgehead atoms. The molecule has 0 aliphatic heterocycles. The van der Waals surface area contributed by atoms with Gasteiger partial charge < -0.3 is 15.4 Å². The number of imidazole rings is 1. The molecule has 0 radical (unpaired) electrons. The SMILES string of the molecule is CC1C=CC(n2cnc3c(N)ncnc32)C1O. The predicted octanol–water partition coefficient (Wildman–Crippen LogP) is 0.516. The van der Waals surface area contributed by atoms with Crippen LogP contribution in [0.1, 0.15) is 13.0 Å². The quantitative estimate of drug-likeness (QED) is 0.698. The van der Waals surface area contributed by atoms with E-state index in [0.29, 0.717) is 17.0 Å². The van der Waals surface area contributed by atoms with Crippen molar-refractivity contribution in [1.82, 2.24) is 19.5 Å². The first-order chi connectivity index (χ1) is 8.18. The van der Waals surface area contributed by atoms with Gasteiger partial charge in [-0.05, 0) is 0 Å². The first kappa shape index (κ1) is 10.2. The zero-order valence-electron chi connectivity index (χ0n) is 9.35. The number of aromatic nitrogens is 4. The van der Waals surface area contributed by atoms with Gasteiger partial charge in [0.25, 0.3) is 0 Å². The highest BCUT2D eigenvalue weighted by Crippen LogP contribution is 2.30. The maximum Gasteiger partial charge on any atom is 0.166 e. The van der Waals surface area contributed by atoms with E-state index in [9.17, 15) is 5.11 Å². The lowest BCUT2D eigenvalue weighted by Crippen LogP contribution is -2.23. The third kappa shape index (κ3) is 1.41. The van der Waals surface area contributed by atoms with Crippen LogP contribution >= 0.6 is 0 Å². The van der Waals surface area contributed by atoms with Crippen molar-refractivity contribution in [2.24, 2.45) is 5.92 Å². The number of nitrogen functional groups attached to an aromatic ring is 1. The topological polar surface area (TPSA) is 89.9 Å². The molecule has 1 aliphatic carbocycles. The van der Waals surface area contributed by atoms with E-state index >= 15 is 0 Å². The molecule has 2 aromatic heterocycles.